The van der Waals surface area contributed by atoms with Crippen molar-refractivity contribution < 1.29 is 7.86 Å². The maximum absolute atomic E-state index is 10.7. The van der Waals surface area contributed by atoms with E-state index in [1.54, 1.807) is 35.4 Å². The van der Waals surface area contributed by atoms with E-state index in [-0.39, 0.29) is 5.97 Å². The van der Waals surface area contributed by atoms with E-state index in [1.165, 1.54) is 0 Å². The zero-order chi connectivity index (χ0) is 11.6. The van der Waals surface area contributed by atoms with Crippen LogP contribution in [0.2, 0.25) is 0 Å². The van der Waals surface area contributed by atoms with E-state index in [2.05, 4.69) is 23.8 Å². The molecule has 1 N–H and O–H groups in total. The summed E-state index contributed by atoms with van der Waals surface area (Å²) in [6.45, 7) is 0.457. The van der Waals surface area contributed by atoms with E-state index in [0.717, 1.165) is 5.69 Å². The van der Waals surface area contributed by atoms with Gasteiger partial charge in [0.25, 0.3) is 0 Å². The van der Waals surface area contributed by atoms with Gasteiger partial charge in [0.2, 0.25) is 0 Å². The monoisotopic (exact) mass is 334 g/mol. The van der Waals surface area contributed by atoms with Crippen LogP contribution in [0.3, 0.4) is 0 Å². The minimum absolute atomic E-state index is 0.266. The number of aromatic nitrogens is 2. The van der Waals surface area contributed by atoms with Crippen molar-refractivity contribution in [3.8, 4) is 0 Å². The molecule has 0 aliphatic carbocycles. The van der Waals surface area contributed by atoms with Crippen molar-refractivity contribution >= 4 is 35.2 Å². The molecule has 0 aliphatic heterocycles. The van der Waals surface area contributed by atoms with Gasteiger partial charge in [-0.1, -0.05) is 0 Å². The predicted octanol–water partition coefficient (Wildman–Crippen LogP) is 0.878. The van der Waals surface area contributed by atoms with Crippen LogP contribution in [-0.2, 0) is 14.3 Å². The van der Waals surface area contributed by atoms with Crippen LogP contribution >= 0.6 is 23.0 Å². The van der Waals surface area contributed by atoms with Crippen LogP contribution < -0.4 is 5.43 Å². The minimum atomic E-state index is -0.266. The first-order valence-corrected chi connectivity index (χ1v) is 5.53. The Morgan fingerprint density at radius 2 is 2.56 bits per heavy atom. The highest BCUT2D eigenvalue weighted by atomic mass is 127. The van der Waals surface area contributed by atoms with Crippen molar-refractivity contribution in [3.63, 3.8) is 0 Å². The molecule has 16 heavy (non-hydrogen) atoms. The van der Waals surface area contributed by atoms with Crippen molar-refractivity contribution in [3.05, 3.63) is 24.0 Å². The van der Waals surface area contributed by atoms with Crippen LogP contribution in [0.25, 0.3) is 0 Å². The van der Waals surface area contributed by atoms with Gasteiger partial charge in [-0.05, 0) is 12.1 Å². The molecule has 0 unspecified atom stereocenters. The lowest BCUT2D eigenvalue weighted by atomic mass is 10.3. The Morgan fingerprint density at radius 3 is 3.25 bits per heavy atom. The maximum Gasteiger partial charge on any atom is 0.317 e. The van der Waals surface area contributed by atoms with Gasteiger partial charge in [0, 0.05) is 25.4 Å². The lowest BCUT2D eigenvalue weighted by Crippen LogP contribution is -2.12. The minimum Gasteiger partial charge on any atom is -0.394 e. The van der Waals surface area contributed by atoms with Crippen molar-refractivity contribution in [2.75, 3.05) is 6.54 Å². The number of hydrogen-bond donors (Lipinski definition) is 1. The summed E-state index contributed by atoms with van der Waals surface area (Å²) in [6.07, 6.45) is 4.21. The van der Waals surface area contributed by atoms with Crippen LogP contribution in [0.1, 0.15) is 12.1 Å². The van der Waals surface area contributed by atoms with E-state index in [0.29, 0.717) is 19.4 Å². The highest BCUT2D eigenvalue weighted by Crippen LogP contribution is 1.91. The Hall–Kier alpha value is -1.25. The number of hydrogen-bond acceptors (Lipinski definition) is 6. The molecule has 0 aromatic carbocycles. The van der Waals surface area contributed by atoms with Gasteiger partial charge in [0.05, 0.1) is 12.1 Å². The fourth-order valence-corrected chi connectivity index (χ4v) is 1.13. The number of halogens is 1. The van der Waals surface area contributed by atoms with Crippen LogP contribution in [0.15, 0.2) is 23.4 Å². The van der Waals surface area contributed by atoms with Crippen LogP contribution in [0, 0.1) is 0 Å². The van der Waals surface area contributed by atoms with Gasteiger partial charge in [-0.15, -0.1) is 0 Å². The molecule has 1 heterocycles. The highest BCUT2D eigenvalue weighted by molar-refractivity contribution is 14.1. The molecule has 0 spiro atoms. The Kier molecular flexibility index (Phi) is 6.38. The van der Waals surface area contributed by atoms with Crippen LogP contribution in [0.5, 0.6) is 0 Å². The first-order chi connectivity index (χ1) is 7.83. The first-order valence-electron chi connectivity index (χ1n) is 4.65. The predicted molar refractivity (Wildman–Crippen MR) is 67.0 cm³/mol. The second-order valence-electron chi connectivity index (χ2n) is 2.84. The molecule has 0 bridgehead atoms. The van der Waals surface area contributed by atoms with Crippen LogP contribution in [-0.4, -0.2) is 28.9 Å². The van der Waals surface area contributed by atoms with Crippen molar-refractivity contribution in [2.24, 2.45) is 5.10 Å². The van der Waals surface area contributed by atoms with E-state index in [9.17, 15) is 4.79 Å². The smallest absolute Gasteiger partial charge is 0.317 e. The van der Waals surface area contributed by atoms with Crippen molar-refractivity contribution in [1.29, 1.82) is 0 Å². The van der Waals surface area contributed by atoms with Gasteiger partial charge in [0.15, 0.2) is 23.0 Å². The first kappa shape index (κ1) is 12.8. The summed E-state index contributed by atoms with van der Waals surface area (Å²) in [4.78, 5) is 10.7. The summed E-state index contributed by atoms with van der Waals surface area (Å²) in [6, 6.07) is 3.69. The molecule has 1 aromatic rings. The number of rotatable bonds is 6. The number of carbonyl (C=O) groups is 1. The fraction of sp³-hybridized carbons (Fsp3) is 0.333. The molecule has 7 heteroatoms. The summed E-state index contributed by atoms with van der Waals surface area (Å²) in [5.74, 6) is -0.266. The molecule has 86 valence electrons. The van der Waals surface area contributed by atoms with Gasteiger partial charge in [-0.2, -0.15) is 15.3 Å². The van der Waals surface area contributed by atoms with Crippen molar-refractivity contribution in [2.45, 2.75) is 12.8 Å². The fourth-order valence-electron chi connectivity index (χ4n) is 0.907. The number of carbonyl (C=O) groups excluding carboxylic acids is 1. The Bertz CT molecular complexity index is 345. The largest absolute Gasteiger partial charge is 0.394 e. The topological polar surface area (TPSA) is 76.5 Å². The zero-order valence-corrected chi connectivity index (χ0v) is 10.6. The molecule has 0 aliphatic rings. The van der Waals surface area contributed by atoms with Gasteiger partial charge < -0.3 is 8.49 Å². The SMILES string of the molecule is O=C(CCN/N=C/Cc1cccnn1)OI. The van der Waals surface area contributed by atoms with E-state index >= 15 is 0 Å². The average molecular weight is 334 g/mol. The maximum atomic E-state index is 10.7. The van der Waals surface area contributed by atoms with Gasteiger partial charge in [0.1, 0.15) is 0 Å². The summed E-state index contributed by atoms with van der Waals surface area (Å²) >= 11 is 1.56. The molecule has 0 atom stereocenters. The molecule has 1 aromatic heterocycles. The third-order valence-corrected chi connectivity index (χ3v) is 2.13. The zero-order valence-electron chi connectivity index (χ0n) is 8.47. The standard InChI is InChI=1S/C9H11IN4O2/c10-16-9(15)4-7-12-11-6-3-8-2-1-5-13-14-8/h1-2,5-6,12H,3-4,7H2/b11-6+. The molecule has 1 rings (SSSR count). The van der Waals surface area contributed by atoms with E-state index < -0.39 is 0 Å². The van der Waals surface area contributed by atoms with Gasteiger partial charge in [-0.3, -0.25) is 4.79 Å². The summed E-state index contributed by atoms with van der Waals surface area (Å²) in [7, 11) is 0. The van der Waals surface area contributed by atoms with Crippen molar-refractivity contribution in [1.82, 2.24) is 15.6 Å². The molecule has 0 fully saturated rings. The second kappa shape index (κ2) is 7.97. The molecular weight excluding hydrogens is 323 g/mol. The van der Waals surface area contributed by atoms with Crippen LogP contribution in [0.4, 0.5) is 0 Å². The average Bonchev–Trinajstić information content (AvgIpc) is 2.34. The molecule has 0 radical (unpaired) electrons. The quantitative estimate of drug-likeness (QED) is 0.362. The Labute approximate surface area is 107 Å². The summed E-state index contributed by atoms with van der Waals surface area (Å²) in [5, 5.41) is 11.6. The highest BCUT2D eigenvalue weighted by Gasteiger charge is 1.98. The summed E-state index contributed by atoms with van der Waals surface area (Å²) in [5.41, 5.74) is 3.58. The Morgan fingerprint density at radius 1 is 1.69 bits per heavy atom. The second-order valence-corrected chi connectivity index (χ2v) is 3.28. The molecule has 0 saturated heterocycles. The number of hydrazone groups is 1. The summed E-state index contributed by atoms with van der Waals surface area (Å²) < 4.78 is 4.45. The Balaban J connectivity index is 2.12. The van der Waals surface area contributed by atoms with E-state index in [1.807, 2.05) is 12.1 Å². The number of nitrogens with one attached hydrogen (secondary N) is 1. The third kappa shape index (κ3) is 5.59. The van der Waals surface area contributed by atoms with Gasteiger partial charge >= 0.3 is 5.97 Å². The molecule has 0 saturated carbocycles. The van der Waals surface area contributed by atoms with Gasteiger partial charge in [-0.25, -0.2) is 0 Å². The lowest BCUT2D eigenvalue weighted by Gasteiger charge is -1.97. The molecule has 6 nitrogen and oxygen atoms in total. The number of nitrogens with zero attached hydrogens (tertiary/aromatic N) is 3. The van der Waals surface area contributed by atoms with E-state index in [4.69, 9.17) is 0 Å². The normalized spacial score (nSPS) is 10.3. The molecular formula is C9H11IN4O2. The molecule has 0 amide bonds. The third-order valence-electron chi connectivity index (χ3n) is 1.64. The lowest BCUT2D eigenvalue weighted by molar-refractivity contribution is -0.131.